The standard InChI is InChI=1S/C57H92O6/c1-4-7-10-13-16-19-22-25-27-28-29-30-31-33-35-38-41-44-47-50-56(59)62-53-54(52-61-55(58)49-46-43-40-37-34-24-21-18-15-12-9-6-3)63-57(60)51-48-45-42-39-36-32-26-23-20-17-14-11-8-5-2/h7,10,14,16-19,21,23,25-27,29-30,33,35,41,44,54H,4-6,8-9,11-13,15,20,22,24,28,31-32,34,36-40,42-43,45-53H2,1-3H3/b10-7-,17-14-,19-16-,21-18-,26-23-,27-25-,30-29-,35-33-,44-41-. The molecular weight excluding hydrogens is 781 g/mol. The summed E-state index contributed by atoms with van der Waals surface area (Å²) in [4.78, 5) is 37.9. The number of rotatable bonds is 44. The van der Waals surface area contributed by atoms with Crippen LogP contribution in [-0.4, -0.2) is 37.2 Å². The summed E-state index contributed by atoms with van der Waals surface area (Å²) in [5, 5.41) is 0. The van der Waals surface area contributed by atoms with Crippen LogP contribution in [-0.2, 0) is 28.6 Å². The summed E-state index contributed by atoms with van der Waals surface area (Å²) >= 11 is 0. The number of ether oxygens (including phenoxy) is 3. The van der Waals surface area contributed by atoms with Gasteiger partial charge in [-0.2, -0.15) is 0 Å². The number of hydrogen-bond donors (Lipinski definition) is 0. The Morgan fingerprint density at radius 3 is 1.13 bits per heavy atom. The minimum absolute atomic E-state index is 0.113. The summed E-state index contributed by atoms with van der Waals surface area (Å²) in [6, 6.07) is 0. The predicted molar refractivity (Wildman–Crippen MR) is 270 cm³/mol. The summed E-state index contributed by atoms with van der Waals surface area (Å²) < 4.78 is 16.7. The number of carbonyl (C=O) groups is 3. The zero-order valence-electron chi connectivity index (χ0n) is 40.5. The molecule has 0 saturated carbocycles. The molecule has 0 aromatic rings. The van der Waals surface area contributed by atoms with Gasteiger partial charge in [0.2, 0.25) is 0 Å². The lowest BCUT2D eigenvalue weighted by Crippen LogP contribution is -2.30. The van der Waals surface area contributed by atoms with Gasteiger partial charge in [0.1, 0.15) is 13.2 Å². The van der Waals surface area contributed by atoms with Crippen LogP contribution in [0.5, 0.6) is 0 Å². The SMILES string of the molecule is CC/C=C\C/C=C\C/C=C\C/C=C\C/C=C\C/C=C\CCC(=O)OCC(COC(=O)CCCCCCC/C=C\CCCCC)OC(=O)CCCCCCC/C=C\C/C=C\CCCC. The minimum atomic E-state index is -0.820. The van der Waals surface area contributed by atoms with Crippen molar-refractivity contribution in [2.75, 3.05) is 13.2 Å². The van der Waals surface area contributed by atoms with Crippen LogP contribution in [0.15, 0.2) is 109 Å². The van der Waals surface area contributed by atoms with Crippen molar-refractivity contribution >= 4 is 17.9 Å². The fraction of sp³-hybridized carbons (Fsp3) is 0.632. The third-order valence-electron chi connectivity index (χ3n) is 10.2. The number of esters is 3. The van der Waals surface area contributed by atoms with Crippen molar-refractivity contribution in [1.82, 2.24) is 0 Å². The Bertz CT molecular complexity index is 1330. The van der Waals surface area contributed by atoms with Crippen LogP contribution >= 0.6 is 0 Å². The van der Waals surface area contributed by atoms with E-state index in [0.29, 0.717) is 19.3 Å². The highest BCUT2D eigenvalue weighted by Gasteiger charge is 2.19. The lowest BCUT2D eigenvalue weighted by Gasteiger charge is -2.18. The van der Waals surface area contributed by atoms with Gasteiger partial charge in [-0.25, -0.2) is 0 Å². The largest absolute Gasteiger partial charge is 0.462 e. The van der Waals surface area contributed by atoms with E-state index in [0.717, 1.165) is 116 Å². The second-order valence-electron chi connectivity index (χ2n) is 16.3. The first kappa shape index (κ1) is 59.1. The predicted octanol–water partition coefficient (Wildman–Crippen LogP) is 16.8. The zero-order chi connectivity index (χ0) is 45.8. The lowest BCUT2D eigenvalue weighted by atomic mass is 10.1. The summed E-state index contributed by atoms with van der Waals surface area (Å²) in [7, 11) is 0. The van der Waals surface area contributed by atoms with Crippen LogP contribution in [0, 0.1) is 0 Å². The van der Waals surface area contributed by atoms with Crippen LogP contribution < -0.4 is 0 Å². The molecule has 0 saturated heterocycles. The molecule has 0 radical (unpaired) electrons. The Hall–Kier alpha value is -3.93. The smallest absolute Gasteiger partial charge is 0.306 e. The highest BCUT2D eigenvalue weighted by atomic mass is 16.6. The number of allylic oxidation sites excluding steroid dienone is 18. The lowest BCUT2D eigenvalue weighted by molar-refractivity contribution is -0.166. The van der Waals surface area contributed by atoms with E-state index in [-0.39, 0.29) is 37.5 Å². The van der Waals surface area contributed by atoms with Crippen LogP contribution in [0.1, 0.15) is 213 Å². The molecule has 0 N–H and O–H groups in total. The van der Waals surface area contributed by atoms with Crippen LogP contribution in [0.25, 0.3) is 0 Å². The van der Waals surface area contributed by atoms with Crippen molar-refractivity contribution in [3.05, 3.63) is 109 Å². The van der Waals surface area contributed by atoms with Crippen molar-refractivity contribution in [1.29, 1.82) is 0 Å². The molecule has 0 aromatic carbocycles. The highest BCUT2D eigenvalue weighted by molar-refractivity contribution is 5.71. The van der Waals surface area contributed by atoms with Crippen molar-refractivity contribution in [3.8, 4) is 0 Å². The molecule has 0 heterocycles. The molecule has 356 valence electrons. The first-order chi connectivity index (χ1) is 31.0. The molecule has 1 atom stereocenters. The van der Waals surface area contributed by atoms with E-state index in [2.05, 4.69) is 118 Å². The third kappa shape index (κ3) is 49.0. The fourth-order valence-electron chi connectivity index (χ4n) is 6.42. The number of unbranched alkanes of at least 4 members (excludes halogenated alkanes) is 15. The van der Waals surface area contributed by atoms with Gasteiger partial charge in [-0.1, -0.05) is 194 Å². The molecule has 0 aliphatic heterocycles. The van der Waals surface area contributed by atoms with Crippen LogP contribution in [0.4, 0.5) is 0 Å². The summed E-state index contributed by atoms with van der Waals surface area (Å²) in [5.74, 6) is -1.03. The average Bonchev–Trinajstić information content (AvgIpc) is 3.28. The van der Waals surface area contributed by atoms with Gasteiger partial charge >= 0.3 is 17.9 Å². The van der Waals surface area contributed by atoms with Crippen LogP contribution in [0.2, 0.25) is 0 Å². The van der Waals surface area contributed by atoms with Gasteiger partial charge in [-0.15, -0.1) is 0 Å². The molecule has 0 aliphatic rings. The van der Waals surface area contributed by atoms with Gasteiger partial charge in [-0.05, 0) is 109 Å². The van der Waals surface area contributed by atoms with E-state index in [1.165, 1.54) is 51.4 Å². The van der Waals surface area contributed by atoms with Gasteiger partial charge in [0.15, 0.2) is 6.10 Å². The van der Waals surface area contributed by atoms with E-state index in [9.17, 15) is 14.4 Å². The molecular formula is C57H92O6. The van der Waals surface area contributed by atoms with E-state index in [1.807, 2.05) is 12.2 Å². The van der Waals surface area contributed by atoms with E-state index in [4.69, 9.17) is 14.2 Å². The Labute approximate surface area is 387 Å². The maximum Gasteiger partial charge on any atom is 0.306 e. The molecule has 0 aromatic heterocycles. The van der Waals surface area contributed by atoms with E-state index < -0.39 is 6.10 Å². The van der Waals surface area contributed by atoms with E-state index >= 15 is 0 Å². The maximum absolute atomic E-state index is 12.8. The monoisotopic (exact) mass is 873 g/mol. The average molecular weight is 873 g/mol. The van der Waals surface area contributed by atoms with Gasteiger partial charge in [0.05, 0.1) is 0 Å². The first-order valence-electron chi connectivity index (χ1n) is 25.4. The zero-order valence-corrected chi connectivity index (χ0v) is 40.5. The molecule has 6 nitrogen and oxygen atoms in total. The first-order valence-corrected chi connectivity index (χ1v) is 25.4. The Kier molecular flexibility index (Phi) is 47.5. The van der Waals surface area contributed by atoms with Crippen molar-refractivity contribution in [3.63, 3.8) is 0 Å². The van der Waals surface area contributed by atoms with Crippen LogP contribution in [0.3, 0.4) is 0 Å². The molecule has 0 amide bonds. The molecule has 6 heteroatoms. The number of carbonyl (C=O) groups excluding carboxylic acids is 3. The van der Waals surface area contributed by atoms with E-state index in [1.54, 1.807) is 0 Å². The normalized spacial score (nSPS) is 13.0. The Balaban J connectivity index is 4.54. The Morgan fingerprint density at radius 1 is 0.333 bits per heavy atom. The molecule has 0 aliphatic carbocycles. The summed E-state index contributed by atoms with van der Waals surface area (Å²) in [6.45, 7) is 6.35. The van der Waals surface area contributed by atoms with Crippen molar-refractivity contribution < 1.29 is 28.6 Å². The molecule has 63 heavy (non-hydrogen) atoms. The minimum Gasteiger partial charge on any atom is -0.462 e. The third-order valence-corrected chi connectivity index (χ3v) is 10.2. The van der Waals surface area contributed by atoms with Gasteiger partial charge < -0.3 is 14.2 Å². The second kappa shape index (κ2) is 50.7. The van der Waals surface area contributed by atoms with Crippen molar-refractivity contribution in [2.24, 2.45) is 0 Å². The van der Waals surface area contributed by atoms with Gasteiger partial charge in [-0.3, -0.25) is 14.4 Å². The summed E-state index contributed by atoms with van der Waals surface area (Å²) in [5.41, 5.74) is 0. The Morgan fingerprint density at radius 2 is 0.667 bits per heavy atom. The quantitative estimate of drug-likeness (QED) is 0.0263. The summed E-state index contributed by atoms with van der Waals surface area (Å²) in [6.07, 6.45) is 67.9. The fourth-order valence-corrected chi connectivity index (χ4v) is 6.42. The molecule has 0 rings (SSSR count). The highest BCUT2D eigenvalue weighted by Crippen LogP contribution is 2.12. The molecule has 1 unspecified atom stereocenters. The topological polar surface area (TPSA) is 78.9 Å². The second-order valence-corrected chi connectivity index (χ2v) is 16.3. The van der Waals surface area contributed by atoms with Gasteiger partial charge in [0.25, 0.3) is 0 Å². The molecule has 0 spiro atoms. The van der Waals surface area contributed by atoms with Crippen molar-refractivity contribution in [2.45, 2.75) is 219 Å². The molecule has 0 fully saturated rings. The maximum atomic E-state index is 12.8. The van der Waals surface area contributed by atoms with Gasteiger partial charge in [0, 0.05) is 19.3 Å². The molecule has 0 bridgehead atoms. The number of hydrogen-bond acceptors (Lipinski definition) is 6.